The van der Waals surface area contributed by atoms with Gasteiger partial charge in [0.2, 0.25) is 0 Å². The van der Waals surface area contributed by atoms with Gasteiger partial charge < -0.3 is 0 Å². The Morgan fingerprint density at radius 2 is 1.62 bits per heavy atom. The van der Waals surface area contributed by atoms with E-state index in [9.17, 15) is 0 Å². The first-order chi connectivity index (χ1) is 11.8. The number of hydrogen-bond donors (Lipinski definition) is 0. The molecule has 24 heavy (non-hydrogen) atoms. The molecule has 0 spiro atoms. The van der Waals surface area contributed by atoms with Gasteiger partial charge in [-0.3, -0.25) is 0 Å². The number of allylic oxidation sites excluding steroid dienone is 4. The van der Waals surface area contributed by atoms with Gasteiger partial charge in [-0.05, 0) is 43.7 Å². The molecule has 2 aromatic rings. The van der Waals surface area contributed by atoms with E-state index in [0.717, 1.165) is 12.8 Å². The van der Waals surface area contributed by atoms with Gasteiger partial charge in [0.05, 0.1) is 9.52 Å². The van der Waals surface area contributed by atoms with Gasteiger partial charge in [-0.2, -0.15) is 0 Å². The van der Waals surface area contributed by atoms with Crippen molar-refractivity contribution in [2.45, 2.75) is 46.0 Å². The highest BCUT2D eigenvalue weighted by Crippen LogP contribution is 2.28. The quantitative estimate of drug-likeness (QED) is 0.646. The average Bonchev–Trinajstić information content (AvgIpc) is 2.95. The van der Waals surface area contributed by atoms with Gasteiger partial charge in [0.1, 0.15) is 0 Å². The van der Waals surface area contributed by atoms with Crippen LogP contribution in [0.5, 0.6) is 0 Å². The Balaban J connectivity index is 1.63. The lowest BCUT2D eigenvalue weighted by molar-refractivity contribution is 0.794. The molecule has 0 amide bonds. The van der Waals surface area contributed by atoms with Gasteiger partial charge in [-0.25, -0.2) is 0 Å². The van der Waals surface area contributed by atoms with E-state index < -0.39 is 0 Å². The van der Waals surface area contributed by atoms with Gasteiger partial charge in [-0.1, -0.05) is 95.5 Å². The van der Waals surface area contributed by atoms with Crippen molar-refractivity contribution in [1.29, 1.82) is 0 Å². The van der Waals surface area contributed by atoms with Crippen LogP contribution in [0.4, 0.5) is 0 Å². The van der Waals surface area contributed by atoms with Crippen molar-refractivity contribution >= 4 is 14.7 Å². The Labute approximate surface area is 149 Å². The largest absolute Gasteiger partial charge is 0.0874 e. The predicted octanol–water partition coefficient (Wildman–Crippen LogP) is 4.67. The van der Waals surface area contributed by atoms with Gasteiger partial charge in [0.15, 0.2) is 0 Å². The number of aryl methyl sites for hydroxylation is 1. The lowest BCUT2D eigenvalue weighted by atomic mass is 9.99. The third-order valence-electron chi connectivity index (χ3n) is 5.10. The first kappa shape index (κ1) is 17.0. The van der Waals surface area contributed by atoms with E-state index >= 15 is 0 Å². The molecule has 0 aromatic heterocycles. The van der Waals surface area contributed by atoms with Crippen molar-refractivity contribution in [1.82, 2.24) is 0 Å². The van der Waals surface area contributed by atoms with Crippen LogP contribution in [0.25, 0.3) is 0 Å². The SMILES string of the molecule is CCCCc1ccc(CC2=C(C)C([SiH2]c3ccccc3)=CC2)cc1. The molecule has 0 radical (unpaired) electrons. The van der Waals surface area contributed by atoms with Crippen molar-refractivity contribution in [3.8, 4) is 0 Å². The summed E-state index contributed by atoms with van der Waals surface area (Å²) in [5.41, 5.74) is 6.13. The summed E-state index contributed by atoms with van der Waals surface area (Å²) in [5.74, 6) is 0. The number of rotatable bonds is 7. The molecule has 1 aliphatic rings. The van der Waals surface area contributed by atoms with Crippen LogP contribution in [-0.2, 0) is 12.8 Å². The Kier molecular flexibility index (Phi) is 5.87. The summed E-state index contributed by atoms with van der Waals surface area (Å²) in [6.45, 7) is 4.59. The fraction of sp³-hybridized carbons (Fsp3) is 0.304. The van der Waals surface area contributed by atoms with Gasteiger partial charge in [-0.15, -0.1) is 0 Å². The topological polar surface area (TPSA) is 0 Å². The summed E-state index contributed by atoms with van der Waals surface area (Å²) >= 11 is 0. The Hall–Kier alpha value is -1.86. The summed E-state index contributed by atoms with van der Waals surface area (Å²) in [6, 6.07) is 20.3. The predicted molar refractivity (Wildman–Crippen MR) is 109 cm³/mol. The first-order valence-corrected chi connectivity index (χ1v) is 10.7. The molecular formula is C23H28Si. The minimum atomic E-state index is -0.316. The highest BCUT2D eigenvalue weighted by molar-refractivity contribution is 6.62. The van der Waals surface area contributed by atoms with E-state index in [4.69, 9.17) is 0 Å². The summed E-state index contributed by atoms with van der Waals surface area (Å²) in [4.78, 5) is 0. The van der Waals surface area contributed by atoms with Crippen molar-refractivity contribution in [2.75, 3.05) is 0 Å². The number of unbranched alkanes of at least 4 members (excludes halogenated alkanes) is 1. The highest BCUT2D eigenvalue weighted by Gasteiger charge is 2.14. The smallest absolute Gasteiger partial charge is 0.0812 e. The van der Waals surface area contributed by atoms with Gasteiger partial charge in [0.25, 0.3) is 0 Å². The lowest BCUT2D eigenvalue weighted by Gasteiger charge is -2.09. The second-order valence-electron chi connectivity index (χ2n) is 6.92. The van der Waals surface area contributed by atoms with Crippen LogP contribution >= 0.6 is 0 Å². The minimum absolute atomic E-state index is 0.316. The first-order valence-electron chi connectivity index (χ1n) is 9.26. The van der Waals surface area contributed by atoms with Gasteiger partial charge >= 0.3 is 0 Å². The van der Waals surface area contributed by atoms with Crippen molar-refractivity contribution in [2.24, 2.45) is 0 Å². The van der Waals surface area contributed by atoms with E-state index in [-0.39, 0.29) is 9.52 Å². The van der Waals surface area contributed by atoms with Crippen LogP contribution in [0.1, 0.15) is 44.2 Å². The molecule has 0 nitrogen and oxygen atoms in total. The molecule has 0 heterocycles. The van der Waals surface area contributed by atoms with Crippen LogP contribution in [0.15, 0.2) is 77.0 Å². The molecule has 0 unspecified atom stereocenters. The molecule has 0 N–H and O–H groups in total. The van der Waals surface area contributed by atoms with E-state index in [1.165, 1.54) is 30.4 Å². The maximum atomic E-state index is 2.49. The molecule has 0 saturated heterocycles. The molecule has 0 fully saturated rings. The zero-order valence-corrected chi connectivity index (χ0v) is 16.4. The zero-order valence-electron chi connectivity index (χ0n) is 15.0. The van der Waals surface area contributed by atoms with Gasteiger partial charge in [0, 0.05) is 0 Å². The third kappa shape index (κ3) is 4.36. The molecule has 0 saturated carbocycles. The molecule has 0 aliphatic heterocycles. The van der Waals surface area contributed by atoms with Crippen LogP contribution in [0.3, 0.4) is 0 Å². The monoisotopic (exact) mass is 332 g/mol. The molecule has 124 valence electrons. The molecule has 0 atom stereocenters. The summed E-state index contributed by atoms with van der Waals surface area (Å²) in [7, 11) is -0.316. The Bertz CT molecular complexity index is 720. The fourth-order valence-corrected chi connectivity index (χ4v) is 5.21. The van der Waals surface area contributed by atoms with Crippen molar-refractivity contribution in [3.63, 3.8) is 0 Å². The highest BCUT2D eigenvalue weighted by atomic mass is 28.2. The second-order valence-corrected chi connectivity index (χ2v) is 8.85. The van der Waals surface area contributed by atoms with Crippen LogP contribution in [0, 0.1) is 0 Å². The molecule has 0 bridgehead atoms. The van der Waals surface area contributed by atoms with E-state index in [2.05, 4.69) is 74.5 Å². The van der Waals surface area contributed by atoms with Crippen LogP contribution in [-0.4, -0.2) is 9.52 Å². The summed E-state index contributed by atoms with van der Waals surface area (Å²) in [5, 5.41) is 3.19. The van der Waals surface area contributed by atoms with Crippen LogP contribution < -0.4 is 5.19 Å². The molecule has 1 aliphatic carbocycles. The second kappa shape index (κ2) is 8.30. The van der Waals surface area contributed by atoms with Crippen molar-refractivity contribution < 1.29 is 0 Å². The molecular weight excluding hydrogens is 304 g/mol. The maximum absolute atomic E-state index is 2.49. The number of hydrogen-bond acceptors (Lipinski definition) is 0. The minimum Gasteiger partial charge on any atom is -0.0812 e. The summed E-state index contributed by atoms with van der Waals surface area (Å²) in [6.07, 6.45) is 8.53. The lowest BCUT2D eigenvalue weighted by Crippen LogP contribution is -2.15. The Morgan fingerprint density at radius 1 is 0.917 bits per heavy atom. The molecule has 1 heteroatoms. The maximum Gasteiger partial charge on any atom is 0.0874 e. The van der Waals surface area contributed by atoms with E-state index in [0.29, 0.717) is 0 Å². The van der Waals surface area contributed by atoms with E-state index in [1.807, 2.05) is 0 Å². The summed E-state index contributed by atoms with van der Waals surface area (Å²) < 4.78 is 0. The third-order valence-corrected chi connectivity index (χ3v) is 7.18. The molecule has 3 rings (SSSR count). The normalized spacial score (nSPS) is 14.7. The number of benzene rings is 2. The average molecular weight is 333 g/mol. The standard InChI is InChI=1S/C23H28Si/c1-3-4-8-19-11-13-20(14-12-19)17-21-15-16-23(18(21)2)24-22-9-6-5-7-10-22/h5-7,9-14,16H,3-4,8,15,17,24H2,1-2H3. The van der Waals surface area contributed by atoms with Crippen molar-refractivity contribution in [3.05, 3.63) is 88.1 Å². The Morgan fingerprint density at radius 3 is 2.33 bits per heavy atom. The van der Waals surface area contributed by atoms with Crippen LogP contribution in [0.2, 0.25) is 0 Å². The zero-order chi connectivity index (χ0) is 16.8. The fourth-order valence-electron chi connectivity index (χ4n) is 3.46. The van der Waals surface area contributed by atoms with E-state index in [1.54, 1.807) is 21.5 Å². The molecule has 2 aromatic carbocycles.